The summed E-state index contributed by atoms with van der Waals surface area (Å²) in [5.74, 6) is 0.0142. The lowest BCUT2D eigenvalue weighted by Gasteiger charge is -2.28. The van der Waals surface area contributed by atoms with Crippen molar-refractivity contribution in [1.29, 1.82) is 0 Å². The van der Waals surface area contributed by atoms with E-state index in [0.29, 0.717) is 19.6 Å². The summed E-state index contributed by atoms with van der Waals surface area (Å²) in [7, 11) is 3.64. The van der Waals surface area contributed by atoms with E-state index in [2.05, 4.69) is 26.6 Å². The van der Waals surface area contributed by atoms with E-state index in [1.54, 1.807) is 16.8 Å². The number of nitrogens with one attached hydrogen (secondary N) is 2. The molecular weight excluding hydrogens is 372 g/mol. The van der Waals surface area contributed by atoms with Crippen LogP contribution in [0.2, 0.25) is 0 Å². The number of hydrogen-bond acceptors (Lipinski definition) is 3. The van der Waals surface area contributed by atoms with E-state index in [1.807, 2.05) is 31.3 Å². The normalized spacial score (nSPS) is 17.0. The summed E-state index contributed by atoms with van der Waals surface area (Å²) >= 11 is 3.42. The molecule has 6 nitrogen and oxygen atoms in total. The number of halogens is 1. The number of likely N-dealkylation sites (tertiary alicyclic amines) is 1. The molecule has 1 aromatic carbocycles. The molecule has 0 aliphatic carbocycles. The number of urea groups is 1. The van der Waals surface area contributed by atoms with Gasteiger partial charge in [0.05, 0.1) is 0 Å². The molecule has 0 radical (unpaired) electrons. The molecule has 2 N–H and O–H groups in total. The minimum atomic E-state index is -0.352. The lowest BCUT2D eigenvalue weighted by molar-refractivity contribution is -0.133. The van der Waals surface area contributed by atoms with Crippen LogP contribution in [0.25, 0.3) is 0 Å². The van der Waals surface area contributed by atoms with E-state index >= 15 is 0 Å². The number of hydrogen-bond donors (Lipinski definition) is 2. The first-order valence-electron chi connectivity index (χ1n) is 8.21. The summed E-state index contributed by atoms with van der Waals surface area (Å²) in [6.45, 7) is 2.45. The Morgan fingerprint density at radius 3 is 2.92 bits per heavy atom. The summed E-state index contributed by atoms with van der Waals surface area (Å²) in [4.78, 5) is 28.4. The Bertz CT molecular complexity index is 581. The zero-order valence-electron chi connectivity index (χ0n) is 14.2. The molecule has 7 heteroatoms. The van der Waals surface area contributed by atoms with Gasteiger partial charge in [-0.2, -0.15) is 0 Å². The molecule has 1 atom stereocenters. The zero-order valence-corrected chi connectivity index (χ0v) is 15.8. The molecule has 1 aliphatic heterocycles. The molecule has 1 fully saturated rings. The fourth-order valence-electron chi connectivity index (χ4n) is 2.84. The Kier molecular flexibility index (Phi) is 7.05. The van der Waals surface area contributed by atoms with Gasteiger partial charge in [-0.15, -0.1) is 0 Å². The molecule has 2 rings (SSSR count). The second-order valence-electron chi connectivity index (χ2n) is 6.00. The summed E-state index contributed by atoms with van der Waals surface area (Å²) in [5.41, 5.74) is 1.02. The summed E-state index contributed by atoms with van der Waals surface area (Å²) in [6.07, 6.45) is 1.59. The third kappa shape index (κ3) is 4.95. The molecule has 0 bridgehead atoms. The maximum atomic E-state index is 12.6. The van der Waals surface area contributed by atoms with Crippen molar-refractivity contribution in [2.45, 2.75) is 25.4 Å². The van der Waals surface area contributed by atoms with Crippen molar-refractivity contribution < 1.29 is 9.59 Å². The number of rotatable bonds is 6. The molecular formula is C17H25BrN4O2. The van der Waals surface area contributed by atoms with Crippen molar-refractivity contribution in [2.24, 2.45) is 0 Å². The van der Waals surface area contributed by atoms with E-state index in [0.717, 1.165) is 29.4 Å². The quantitative estimate of drug-likeness (QED) is 0.770. The van der Waals surface area contributed by atoms with Crippen molar-refractivity contribution in [2.75, 3.05) is 33.7 Å². The van der Waals surface area contributed by atoms with Gasteiger partial charge < -0.3 is 20.4 Å². The van der Waals surface area contributed by atoms with Crippen LogP contribution in [-0.2, 0) is 11.3 Å². The highest BCUT2D eigenvalue weighted by molar-refractivity contribution is 9.10. The van der Waals surface area contributed by atoms with Crippen molar-refractivity contribution in [3.63, 3.8) is 0 Å². The van der Waals surface area contributed by atoms with Gasteiger partial charge in [0.25, 0.3) is 0 Å². The van der Waals surface area contributed by atoms with Crippen LogP contribution in [0.4, 0.5) is 4.79 Å². The SMILES string of the molecule is CNCCN(C)C(=O)[C@@H]1CCCN1C(=O)NCc1cccc(Br)c1. The molecule has 3 amide bonds. The maximum Gasteiger partial charge on any atom is 0.318 e. The van der Waals surface area contributed by atoms with E-state index in [-0.39, 0.29) is 18.0 Å². The Hall–Kier alpha value is -1.60. The number of nitrogens with zero attached hydrogens (tertiary/aromatic N) is 2. The number of carbonyl (C=O) groups excluding carboxylic acids is 2. The monoisotopic (exact) mass is 396 g/mol. The topological polar surface area (TPSA) is 64.7 Å². The van der Waals surface area contributed by atoms with E-state index in [1.165, 1.54) is 0 Å². The Balaban J connectivity index is 1.91. The summed E-state index contributed by atoms with van der Waals surface area (Å²) < 4.78 is 0.981. The Morgan fingerprint density at radius 1 is 1.42 bits per heavy atom. The van der Waals surface area contributed by atoms with Gasteiger partial charge in [-0.3, -0.25) is 4.79 Å². The second-order valence-corrected chi connectivity index (χ2v) is 6.92. The highest BCUT2D eigenvalue weighted by Gasteiger charge is 2.35. The molecule has 0 spiro atoms. The highest BCUT2D eigenvalue weighted by Crippen LogP contribution is 2.19. The largest absolute Gasteiger partial charge is 0.343 e. The van der Waals surface area contributed by atoms with Crippen molar-refractivity contribution in [1.82, 2.24) is 20.4 Å². The van der Waals surface area contributed by atoms with Crippen LogP contribution in [0.3, 0.4) is 0 Å². The third-order valence-electron chi connectivity index (χ3n) is 4.20. The van der Waals surface area contributed by atoms with Crippen LogP contribution >= 0.6 is 15.9 Å². The van der Waals surface area contributed by atoms with Crippen LogP contribution in [0.15, 0.2) is 28.7 Å². The van der Waals surface area contributed by atoms with Crippen molar-refractivity contribution in [3.05, 3.63) is 34.3 Å². The number of likely N-dealkylation sites (N-methyl/N-ethyl adjacent to an activating group) is 2. The first kappa shape index (κ1) is 18.7. The lowest BCUT2D eigenvalue weighted by atomic mass is 10.2. The minimum Gasteiger partial charge on any atom is -0.343 e. The van der Waals surface area contributed by atoms with Gasteiger partial charge in [0.1, 0.15) is 6.04 Å². The van der Waals surface area contributed by atoms with Gasteiger partial charge in [0.15, 0.2) is 0 Å². The molecule has 1 heterocycles. The average Bonchev–Trinajstić information content (AvgIpc) is 3.06. The average molecular weight is 397 g/mol. The first-order chi connectivity index (χ1) is 11.5. The minimum absolute atomic E-state index is 0.0142. The smallest absolute Gasteiger partial charge is 0.318 e. The molecule has 1 saturated heterocycles. The highest BCUT2D eigenvalue weighted by atomic mass is 79.9. The molecule has 1 aliphatic rings. The standard InChI is InChI=1S/C17H25BrN4O2/c1-19-8-10-21(2)16(23)15-7-4-9-22(15)17(24)20-12-13-5-3-6-14(18)11-13/h3,5-6,11,15,19H,4,7-10,12H2,1-2H3,(H,20,24)/t15-/m0/s1. The van der Waals surface area contributed by atoms with Crippen LogP contribution in [-0.4, -0.2) is 61.5 Å². The number of benzene rings is 1. The Morgan fingerprint density at radius 2 is 2.21 bits per heavy atom. The second kappa shape index (κ2) is 9.03. The number of amides is 3. The van der Waals surface area contributed by atoms with Crippen LogP contribution < -0.4 is 10.6 Å². The fraction of sp³-hybridized carbons (Fsp3) is 0.529. The maximum absolute atomic E-state index is 12.6. The van der Waals surface area contributed by atoms with Gasteiger partial charge >= 0.3 is 6.03 Å². The van der Waals surface area contributed by atoms with Crippen molar-refractivity contribution >= 4 is 27.9 Å². The van der Waals surface area contributed by atoms with Crippen molar-refractivity contribution in [3.8, 4) is 0 Å². The molecule has 1 aromatic rings. The Labute approximate surface area is 151 Å². The van der Waals surface area contributed by atoms with Gasteiger partial charge in [0, 0.05) is 37.7 Å². The number of carbonyl (C=O) groups is 2. The fourth-order valence-corrected chi connectivity index (χ4v) is 3.28. The van der Waals surface area contributed by atoms with Gasteiger partial charge in [-0.05, 0) is 37.6 Å². The van der Waals surface area contributed by atoms with E-state index in [9.17, 15) is 9.59 Å². The van der Waals surface area contributed by atoms with Crippen LogP contribution in [0.1, 0.15) is 18.4 Å². The zero-order chi connectivity index (χ0) is 17.5. The van der Waals surface area contributed by atoms with Gasteiger partial charge in [0.2, 0.25) is 5.91 Å². The van der Waals surface area contributed by atoms with Gasteiger partial charge in [-0.25, -0.2) is 4.79 Å². The van der Waals surface area contributed by atoms with Crippen LogP contribution in [0.5, 0.6) is 0 Å². The molecule has 0 saturated carbocycles. The predicted octanol–water partition coefficient (Wildman–Crippen LogP) is 1.80. The van der Waals surface area contributed by atoms with Crippen LogP contribution in [0, 0.1) is 0 Å². The molecule has 132 valence electrons. The molecule has 0 unspecified atom stereocenters. The molecule has 24 heavy (non-hydrogen) atoms. The summed E-state index contributed by atoms with van der Waals surface area (Å²) in [6, 6.07) is 7.29. The van der Waals surface area contributed by atoms with E-state index < -0.39 is 0 Å². The first-order valence-corrected chi connectivity index (χ1v) is 9.00. The van der Waals surface area contributed by atoms with Gasteiger partial charge in [-0.1, -0.05) is 28.1 Å². The van der Waals surface area contributed by atoms with E-state index in [4.69, 9.17) is 0 Å². The summed E-state index contributed by atoms with van der Waals surface area (Å²) in [5, 5.41) is 5.95. The molecule has 0 aromatic heterocycles. The third-order valence-corrected chi connectivity index (χ3v) is 4.70. The predicted molar refractivity (Wildman–Crippen MR) is 97.7 cm³/mol. The lowest BCUT2D eigenvalue weighted by Crippen LogP contribution is -2.50.